The van der Waals surface area contributed by atoms with Crippen molar-refractivity contribution >= 4 is 12.0 Å². The highest BCUT2D eigenvalue weighted by Gasteiger charge is 2.19. The summed E-state index contributed by atoms with van der Waals surface area (Å²) in [5.74, 6) is 0.969. The number of aromatic nitrogens is 3. The molecular formula is C17H23N5. The van der Waals surface area contributed by atoms with E-state index in [1.54, 1.807) is 6.33 Å². The molecule has 1 aliphatic heterocycles. The van der Waals surface area contributed by atoms with Gasteiger partial charge in [0.2, 0.25) is 5.95 Å². The minimum Gasteiger partial charge on any atom is -0.338 e. The van der Waals surface area contributed by atoms with Gasteiger partial charge in [0.25, 0.3) is 0 Å². The van der Waals surface area contributed by atoms with Crippen molar-refractivity contribution in [3.8, 4) is 0 Å². The van der Waals surface area contributed by atoms with Gasteiger partial charge in [0.1, 0.15) is 6.33 Å². The van der Waals surface area contributed by atoms with E-state index in [9.17, 15) is 0 Å². The van der Waals surface area contributed by atoms with Crippen LogP contribution in [0, 0.1) is 0 Å². The Kier molecular flexibility index (Phi) is 4.53. The van der Waals surface area contributed by atoms with Crippen molar-refractivity contribution in [2.45, 2.75) is 6.92 Å². The number of nitrogens with zero attached hydrogens (tertiary/aromatic N) is 5. The predicted molar refractivity (Wildman–Crippen MR) is 89.7 cm³/mol. The Hall–Kier alpha value is -2.14. The van der Waals surface area contributed by atoms with Crippen LogP contribution in [0.2, 0.25) is 0 Å². The molecule has 5 nitrogen and oxygen atoms in total. The molecule has 0 unspecified atom stereocenters. The van der Waals surface area contributed by atoms with Gasteiger partial charge >= 0.3 is 0 Å². The molecule has 5 heteroatoms. The smallest absolute Gasteiger partial charge is 0.226 e. The van der Waals surface area contributed by atoms with Crippen molar-refractivity contribution in [3.63, 3.8) is 0 Å². The van der Waals surface area contributed by atoms with Gasteiger partial charge in [-0.25, -0.2) is 0 Å². The maximum Gasteiger partial charge on any atom is 0.226 e. The molecule has 2 aromatic rings. The van der Waals surface area contributed by atoms with Gasteiger partial charge in [0.05, 0.1) is 0 Å². The standard InChI is InChI=1S/C17H23N5/c1-15(12-16-6-4-3-5-7-16)13-21-8-10-22(11-9-21)17-19-18-14-20(17)2/h3-7,12,14H,8-11,13H2,1-2H3/b15-12+. The Morgan fingerprint density at radius 1 is 1.14 bits per heavy atom. The Bertz CT molecular complexity index is 624. The van der Waals surface area contributed by atoms with Crippen molar-refractivity contribution in [3.05, 3.63) is 47.8 Å². The Labute approximate surface area is 131 Å². The molecule has 1 saturated heterocycles. The Morgan fingerprint density at radius 2 is 1.86 bits per heavy atom. The van der Waals surface area contributed by atoms with E-state index in [4.69, 9.17) is 0 Å². The average Bonchev–Trinajstić information content (AvgIpc) is 2.95. The third-order valence-corrected chi connectivity index (χ3v) is 4.03. The van der Waals surface area contributed by atoms with Crippen LogP contribution < -0.4 is 4.90 Å². The first kappa shape index (κ1) is 14.8. The maximum atomic E-state index is 4.19. The average molecular weight is 297 g/mol. The molecule has 1 aliphatic rings. The van der Waals surface area contributed by atoms with E-state index in [1.807, 2.05) is 11.6 Å². The number of hydrogen-bond donors (Lipinski definition) is 0. The first-order valence-electron chi connectivity index (χ1n) is 7.76. The van der Waals surface area contributed by atoms with E-state index in [-0.39, 0.29) is 0 Å². The summed E-state index contributed by atoms with van der Waals surface area (Å²) < 4.78 is 1.98. The monoisotopic (exact) mass is 297 g/mol. The summed E-state index contributed by atoms with van der Waals surface area (Å²) in [7, 11) is 1.99. The van der Waals surface area contributed by atoms with Crippen LogP contribution in [0.3, 0.4) is 0 Å². The second-order valence-corrected chi connectivity index (χ2v) is 5.91. The van der Waals surface area contributed by atoms with Crippen LogP contribution in [0.1, 0.15) is 12.5 Å². The fraction of sp³-hybridized carbons (Fsp3) is 0.412. The molecule has 1 aromatic heterocycles. The molecule has 1 aromatic carbocycles. The molecule has 0 spiro atoms. The van der Waals surface area contributed by atoms with Crippen LogP contribution in [0.4, 0.5) is 5.95 Å². The third-order valence-electron chi connectivity index (χ3n) is 4.03. The van der Waals surface area contributed by atoms with Gasteiger partial charge in [-0.15, -0.1) is 10.2 Å². The van der Waals surface area contributed by atoms with Gasteiger partial charge in [-0.05, 0) is 12.5 Å². The first-order valence-corrected chi connectivity index (χ1v) is 7.76. The minimum atomic E-state index is 0.969. The summed E-state index contributed by atoms with van der Waals surface area (Å²) in [6.45, 7) is 7.37. The van der Waals surface area contributed by atoms with Crippen LogP contribution >= 0.6 is 0 Å². The quantitative estimate of drug-likeness (QED) is 0.865. The van der Waals surface area contributed by atoms with Gasteiger partial charge < -0.3 is 9.47 Å². The van der Waals surface area contributed by atoms with Crippen LogP contribution in [-0.2, 0) is 7.05 Å². The molecule has 0 N–H and O–H groups in total. The number of hydrogen-bond acceptors (Lipinski definition) is 4. The molecule has 0 saturated carbocycles. The van der Waals surface area contributed by atoms with Crippen molar-refractivity contribution in [1.29, 1.82) is 0 Å². The van der Waals surface area contributed by atoms with Crippen LogP contribution in [-0.4, -0.2) is 52.4 Å². The summed E-state index contributed by atoms with van der Waals surface area (Å²) in [5, 5.41) is 8.15. The number of benzene rings is 1. The Morgan fingerprint density at radius 3 is 2.50 bits per heavy atom. The number of piperazine rings is 1. The van der Waals surface area contributed by atoms with Crippen molar-refractivity contribution in [2.75, 3.05) is 37.6 Å². The van der Waals surface area contributed by atoms with Gasteiger partial charge in [-0.3, -0.25) is 4.90 Å². The lowest BCUT2D eigenvalue weighted by molar-refractivity contribution is 0.277. The normalized spacial score (nSPS) is 17.0. The van der Waals surface area contributed by atoms with E-state index in [1.165, 1.54) is 11.1 Å². The van der Waals surface area contributed by atoms with Gasteiger partial charge in [-0.2, -0.15) is 0 Å². The van der Waals surface area contributed by atoms with E-state index in [2.05, 4.69) is 63.3 Å². The van der Waals surface area contributed by atoms with E-state index in [0.717, 1.165) is 38.7 Å². The largest absolute Gasteiger partial charge is 0.338 e. The fourth-order valence-corrected chi connectivity index (χ4v) is 2.90. The SMILES string of the molecule is C/C(=C\c1ccccc1)CN1CCN(c2nncn2C)CC1. The van der Waals surface area contributed by atoms with Crippen molar-refractivity contribution < 1.29 is 0 Å². The molecule has 22 heavy (non-hydrogen) atoms. The Balaban J connectivity index is 1.54. The molecule has 0 atom stereocenters. The molecule has 116 valence electrons. The predicted octanol–water partition coefficient (Wildman–Crippen LogP) is 2.04. The van der Waals surface area contributed by atoms with Crippen LogP contribution in [0.5, 0.6) is 0 Å². The van der Waals surface area contributed by atoms with Gasteiger partial charge in [0.15, 0.2) is 0 Å². The summed E-state index contributed by atoms with van der Waals surface area (Å²) in [6.07, 6.45) is 4.03. The first-order chi connectivity index (χ1) is 10.7. The molecule has 0 bridgehead atoms. The summed E-state index contributed by atoms with van der Waals surface area (Å²) in [6, 6.07) is 10.5. The summed E-state index contributed by atoms with van der Waals surface area (Å²) >= 11 is 0. The zero-order chi connectivity index (χ0) is 15.4. The molecule has 2 heterocycles. The number of rotatable bonds is 4. The molecule has 0 amide bonds. The highest BCUT2D eigenvalue weighted by molar-refractivity contribution is 5.52. The lowest BCUT2D eigenvalue weighted by Crippen LogP contribution is -2.47. The molecular weight excluding hydrogens is 274 g/mol. The fourth-order valence-electron chi connectivity index (χ4n) is 2.90. The van der Waals surface area contributed by atoms with Gasteiger partial charge in [-0.1, -0.05) is 42.0 Å². The zero-order valence-corrected chi connectivity index (χ0v) is 13.3. The summed E-state index contributed by atoms with van der Waals surface area (Å²) in [4.78, 5) is 4.81. The van der Waals surface area contributed by atoms with E-state index >= 15 is 0 Å². The lowest BCUT2D eigenvalue weighted by atomic mass is 10.1. The zero-order valence-electron chi connectivity index (χ0n) is 13.3. The topological polar surface area (TPSA) is 37.2 Å². The second-order valence-electron chi connectivity index (χ2n) is 5.91. The van der Waals surface area contributed by atoms with E-state index in [0.29, 0.717) is 0 Å². The van der Waals surface area contributed by atoms with Gasteiger partial charge in [0, 0.05) is 39.8 Å². The van der Waals surface area contributed by atoms with Crippen LogP contribution in [0.25, 0.3) is 6.08 Å². The molecule has 0 aliphatic carbocycles. The highest BCUT2D eigenvalue weighted by Crippen LogP contribution is 2.13. The van der Waals surface area contributed by atoms with Crippen molar-refractivity contribution in [1.82, 2.24) is 19.7 Å². The second kappa shape index (κ2) is 6.75. The molecule has 0 radical (unpaired) electrons. The summed E-state index contributed by atoms with van der Waals surface area (Å²) in [5.41, 5.74) is 2.68. The van der Waals surface area contributed by atoms with Crippen molar-refractivity contribution in [2.24, 2.45) is 7.05 Å². The third kappa shape index (κ3) is 3.54. The van der Waals surface area contributed by atoms with Crippen LogP contribution in [0.15, 0.2) is 42.2 Å². The number of anilines is 1. The number of aryl methyl sites for hydroxylation is 1. The highest BCUT2D eigenvalue weighted by atomic mass is 15.4. The molecule has 1 fully saturated rings. The minimum absolute atomic E-state index is 0.969. The molecule has 3 rings (SSSR count). The lowest BCUT2D eigenvalue weighted by Gasteiger charge is -2.35. The maximum absolute atomic E-state index is 4.19. The van der Waals surface area contributed by atoms with E-state index < -0.39 is 0 Å².